The Morgan fingerprint density at radius 2 is 2.04 bits per heavy atom. The van der Waals surface area contributed by atoms with Crippen molar-refractivity contribution >= 4 is 34.0 Å². The number of fused-ring (bicyclic) bond motifs is 1. The molecule has 2 aromatic rings. The van der Waals surface area contributed by atoms with Crippen molar-refractivity contribution in [1.29, 1.82) is 0 Å². The quantitative estimate of drug-likeness (QED) is 0.896. The number of rotatable bonds is 3. The zero-order chi connectivity index (χ0) is 16.5. The van der Waals surface area contributed by atoms with Crippen LogP contribution in [0.5, 0.6) is 0 Å². The Morgan fingerprint density at radius 1 is 1.21 bits per heavy atom. The van der Waals surface area contributed by atoms with Crippen molar-refractivity contribution in [2.75, 3.05) is 10.6 Å². The van der Waals surface area contributed by atoms with Crippen molar-refractivity contribution in [1.82, 2.24) is 10.2 Å². The molecule has 0 radical (unpaired) electrons. The third-order valence-electron chi connectivity index (χ3n) is 4.61. The van der Waals surface area contributed by atoms with E-state index in [1.54, 1.807) is 18.2 Å². The van der Waals surface area contributed by atoms with E-state index >= 15 is 0 Å². The van der Waals surface area contributed by atoms with Gasteiger partial charge in [-0.05, 0) is 36.6 Å². The fraction of sp³-hybridized carbons (Fsp3) is 0.412. The van der Waals surface area contributed by atoms with Crippen molar-refractivity contribution in [2.45, 2.75) is 44.4 Å². The SMILES string of the molecule is O=C1Cc2cc(C(=O)Nc3nnc(C4CCCCC4)s3)ccc2N1. The number of amides is 2. The summed E-state index contributed by atoms with van der Waals surface area (Å²) in [5, 5.41) is 15.5. The Bertz CT molecular complexity index is 796. The molecule has 2 amide bonds. The van der Waals surface area contributed by atoms with E-state index in [2.05, 4.69) is 20.8 Å². The summed E-state index contributed by atoms with van der Waals surface area (Å²) < 4.78 is 0. The summed E-state index contributed by atoms with van der Waals surface area (Å²) in [6.45, 7) is 0. The molecular formula is C17H18N4O2S. The third-order valence-corrected chi connectivity index (χ3v) is 5.61. The van der Waals surface area contributed by atoms with Crippen molar-refractivity contribution in [3.8, 4) is 0 Å². The molecule has 7 heteroatoms. The van der Waals surface area contributed by atoms with E-state index in [1.807, 2.05) is 0 Å². The van der Waals surface area contributed by atoms with Crippen LogP contribution in [0.2, 0.25) is 0 Å². The third kappa shape index (κ3) is 3.03. The predicted octanol–water partition coefficient (Wildman–Crippen LogP) is 3.33. The first kappa shape index (κ1) is 15.3. The molecule has 124 valence electrons. The molecule has 4 rings (SSSR count). The summed E-state index contributed by atoms with van der Waals surface area (Å²) in [5.41, 5.74) is 2.17. The Morgan fingerprint density at radius 3 is 2.88 bits per heavy atom. The van der Waals surface area contributed by atoms with Gasteiger partial charge in [-0.3, -0.25) is 14.9 Å². The highest BCUT2D eigenvalue weighted by Gasteiger charge is 2.22. The summed E-state index contributed by atoms with van der Waals surface area (Å²) in [4.78, 5) is 23.8. The number of hydrogen-bond donors (Lipinski definition) is 2. The lowest BCUT2D eigenvalue weighted by Crippen LogP contribution is -2.11. The number of benzene rings is 1. The second-order valence-corrected chi connectivity index (χ2v) is 7.34. The zero-order valence-electron chi connectivity index (χ0n) is 13.2. The monoisotopic (exact) mass is 342 g/mol. The van der Waals surface area contributed by atoms with E-state index in [4.69, 9.17) is 0 Å². The van der Waals surface area contributed by atoms with Crippen LogP contribution in [0.25, 0.3) is 0 Å². The minimum atomic E-state index is -0.219. The van der Waals surface area contributed by atoms with E-state index in [-0.39, 0.29) is 11.8 Å². The highest BCUT2D eigenvalue weighted by atomic mass is 32.1. The van der Waals surface area contributed by atoms with Crippen molar-refractivity contribution in [2.24, 2.45) is 0 Å². The van der Waals surface area contributed by atoms with Gasteiger partial charge >= 0.3 is 0 Å². The number of nitrogens with one attached hydrogen (secondary N) is 2. The van der Waals surface area contributed by atoms with Crippen LogP contribution in [0.15, 0.2) is 18.2 Å². The van der Waals surface area contributed by atoms with Gasteiger partial charge in [0.2, 0.25) is 11.0 Å². The van der Waals surface area contributed by atoms with E-state index in [1.165, 1.54) is 30.6 Å². The summed E-state index contributed by atoms with van der Waals surface area (Å²) >= 11 is 1.47. The van der Waals surface area contributed by atoms with Crippen LogP contribution in [0, 0.1) is 0 Å². The standard InChI is InChI=1S/C17H18N4O2S/c22-14-9-12-8-11(6-7-13(12)18-14)15(23)19-17-21-20-16(24-17)10-4-2-1-3-5-10/h6-8,10H,1-5,9H2,(H,18,22)(H,19,21,23). The van der Waals surface area contributed by atoms with Crippen molar-refractivity contribution in [3.63, 3.8) is 0 Å². The van der Waals surface area contributed by atoms with Crippen LogP contribution in [-0.2, 0) is 11.2 Å². The molecule has 1 aliphatic heterocycles. The Balaban J connectivity index is 1.46. The van der Waals surface area contributed by atoms with Gasteiger partial charge in [0, 0.05) is 17.2 Å². The summed E-state index contributed by atoms with van der Waals surface area (Å²) in [6, 6.07) is 5.23. The molecule has 0 bridgehead atoms. The summed E-state index contributed by atoms with van der Waals surface area (Å²) in [6.07, 6.45) is 6.43. The van der Waals surface area contributed by atoms with Gasteiger partial charge in [0.05, 0.1) is 6.42 Å². The van der Waals surface area contributed by atoms with Crippen molar-refractivity contribution in [3.05, 3.63) is 34.3 Å². The Hall–Kier alpha value is -2.28. The maximum Gasteiger partial charge on any atom is 0.257 e. The van der Waals surface area contributed by atoms with Crippen LogP contribution in [0.4, 0.5) is 10.8 Å². The van der Waals surface area contributed by atoms with Crippen LogP contribution in [0.3, 0.4) is 0 Å². The minimum Gasteiger partial charge on any atom is -0.326 e. The maximum absolute atomic E-state index is 12.4. The molecular weight excluding hydrogens is 324 g/mol. The predicted molar refractivity (Wildman–Crippen MR) is 92.5 cm³/mol. The van der Waals surface area contributed by atoms with Gasteiger partial charge < -0.3 is 5.32 Å². The minimum absolute atomic E-state index is 0.0381. The fourth-order valence-corrected chi connectivity index (χ4v) is 4.25. The van der Waals surface area contributed by atoms with E-state index in [9.17, 15) is 9.59 Å². The molecule has 0 spiro atoms. The van der Waals surface area contributed by atoms with Gasteiger partial charge in [0.15, 0.2) is 0 Å². The molecule has 1 aromatic carbocycles. The van der Waals surface area contributed by atoms with Crippen LogP contribution < -0.4 is 10.6 Å². The molecule has 24 heavy (non-hydrogen) atoms. The summed E-state index contributed by atoms with van der Waals surface area (Å²) in [5.74, 6) is 0.228. The highest BCUT2D eigenvalue weighted by molar-refractivity contribution is 7.15. The molecule has 1 saturated carbocycles. The number of aromatic nitrogens is 2. The average molecular weight is 342 g/mol. The molecule has 6 nitrogen and oxygen atoms in total. The van der Waals surface area contributed by atoms with E-state index in [0.717, 1.165) is 29.1 Å². The first-order valence-corrected chi connectivity index (χ1v) is 9.08. The normalized spacial score (nSPS) is 17.4. The molecule has 2 heterocycles. The van der Waals surface area contributed by atoms with Crippen molar-refractivity contribution < 1.29 is 9.59 Å². The fourth-order valence-electron chi connectivity index (χ4n) is 3.34. The van der Waals surface area contributed by atoms with Gasteiger partial charge in [-0.2, -0.15) is 0 Å². The second-order valence-electron chi connectivity index (χ2n) is 6.33. The lowest BCUT2D eigenvalue weighted by molar-refractivity contribution is -0.115. The molecule has 0 atom stereocenters. The molecule has 0 unspecified atom stereocenters. The second kappa shape index (κ2) is 6.32. The molecule has 1 aromatic heterocycles. The molecule has 2 N–H and O–H groups in total. The molecule has 1 fully saturated rings. The lowest BCUT2D eigenvalue weighted by Gasteiger charge is -2.18. The number of nitrogens with zero attached hydrogens (tertiary/aromatic N) is 2. The average Bonchev–Trinajstić information content (AvgIpc) is 3.20. The lowest BCUT2D eigenvalue weighted by atomic mass is 9.90. The van der Waals surface area contributed by atoms with Crippen LogP contribution in [0.1, 0.15) is 59.0 Å². The summed E-state index contributed by atoms with van der Waals surface area (Å²) in [7, 11) is 0. The number of carbonyl (C=O) groups is 2. The first-order valence-electron chi connectivity index (χ1n) is 8.26. The zero-order valence-corrected chi connectivity index (χ0v) is 14.0. The van der Waals surface area contributed by atoms with Gasteiger partial charge in [0.1, 0.15) is 5.01 Å². The molecule has 2 aliphatic rings. The topological polar surface area (TPSA) is 84.0 Å². The van der Waals surface area contributed by atoms with Gasteiger partial charge in [0.25, 0.3) is 5.91 Å². The first-order chi connectivity index (χ1) is 11.7. The molecule has 1 aliphatic carbocycles. The highest BCUT2D eigenvalue weighted by Crippen LogP contribution is 2.35. The van der Waals surface area contributed by atoms with E-state index in [0.29, 0.717) is 23.0 Å². The van der Waals surface area contributed by atoms with Gasteiger partial charge in [-0.25, -0.2) is 0 Å². The van der Waals surface area contributed by atoms with E-state index < -0.39 is 0 Å². The largest absolute Gasteiger partial charge is 0.326 e. The Labute approximate surface area is 143 Å². The van der Waals surface area contributed by atoms with Gasteiger partial charge in [-0.1, -0.05) is 30.6 Å². The smallest absolute Gasteiger partial charge is 0.257 e. The number of hydrogen-bond acceptors (Lipinski definition) is 5. The number of carbonyl (C=O) groups excluding carboxylic acids is 2. The van der Waals surface area contributed by atoms with Crippen LogP contribution in [-0.4, -0.2) is 22.0 Å². The maximum atomic E-state index is 12.4. The number of anilines is 2. The van der Waals surface area contributed by atoms with Crippen LogP contribution >= 0.6 is 11.3 Å². The molecule has 0 saturated heterocycles. The Kier molecular flexibility index (Phi) is 4.02. The van der Waals surface area contributed by atoms with Gasteiger partial charge in [-0.15, -0.1) is 10.2 Å².